The van der Waals surface area contributed by atoms with Crippen LogP contribution in [0.3, 0.4) is 0 Å². The molecule has 0 saturated heterocycles. The highest BCUT2D eigenvalue weighted by Gasteiger charge is 2.20. The van der Waals surface area contributed by atoms with Gasteiger partial charge in [0.15, 0.2) is 6.04 Å². The van der Waals surface area contributed by atoms with Gasteiger partial charge >= 0.3 is 5.97 Å². The highest BCUT2D eigenvalue weighted by molar-refractivity contribution is 5.73. The number of unbranched alkanes of at least 4 members (excludes halogenated alkanes) is 1. The fourth-order valence-electron chi connectivity index (χ4n) is 0.978. The van der Waals surface area contributed by atoms with Crippen LogP contribution in [0.1, 0.15) is 19.3 Å². The maximum atomic E-state index is 10.6. The molecule has 0 saturated carbocycles. The van der Waals surface area contributed by atoms with Crippen LogP contribution in [0.25, 0.3) is 0 Å². The van der Waals surface area contributed by atoms with Crippen LogP contribution in [-0.2, 0) is 4.79 Å². The number of aliphatic carboxylic acids is 1. The molecule has 5 nitrogen and oxygen atoms in total. The summed E-state index contributed by atoms with van der Waals surface area (Å²) in [6.45, 7) is 3.81. The van der Waals surface area contributed by atoms with E-state index in [0.29, 0.717) is 24.4 Å². The van der Waals surface area contributed by atoms with E-state index in [1.54, 1.807) is 0 Å². The summed E-state index contributed by atoms with van der Waals surface area (Å²) in [6, 6.07) is -0.913. The van der Waals surface area contributed by atoms with Crippen molar-refractivity contribution in [2.75, 3.05) is 6.54 Å². The average Bonchev–Trinajstić information content (AvgIpc) is 2.11. The van der Waals surface area contributed by atoms with Crippen LogP contribution in [0.15, 0.2) is 12.8 Å². The minimum atomic E-state index is -1.06. The van der Waals surface area contributed by atoms with Gasteiger partial charge in [-0.2, -0.15) is 0 Å². The van der Waals surface area contributed by atoms with Gasteiger partial charge < -0.3 is 10.8 Å². The Labute approximate surface area is 77.4 Å². The number of carboxylic acid groups (broad SMARTS) is 1. The van der Waals surface area contributed by atoms with E-state index in [2.05, 4.69) is 6.58 Å². The van der Waals surface area contributed by atoms with Crippen molar-refractivity contribution in [1.29, 1.82) is 0 Å². The molecule has 0 aromatic heterocycles. The standard InChI is InChI=1S/C8H16N2O3/c1-2-10(13)7(8(11)12)5-3-4-6-9/h2,7,13H,1,3-6,9H2,(H,11,12)/t7-/m0/s1. The highest BCUT2D eigenvalue weighted by atomic mass is 16.5. The molecule has 0 aromatic rings. The van der Waals surface area contributed by atoms with E-state index in [9.17, 15) is 4.79 Å². The molecule has 0 radical (unpaired) electrons. The lowest BCUT2D eigenvalue weighted by atomic mass is 10.1. The van der Waals surface area contributed by atoms with E-state index in [1.807, 2.05) is 0 Å². The molecule has 0 unspecified atom stereocenters. The molecule has 0 spiro atoms. The fraction of sp³-hybridized carbons (Fsp3) is 0.625. The predicted molar refractivity (Wildman–Crippen MR) is 48.2 cm³/mol. The van der Waals surface area contributed by atoms with Crippen molar-refractivity contribution in [3.63, 3.8) is 0 Å². The van der Waals surface area contributed by atoms with Gasteiger partial charge in [0.25, 0.3) is 0 Å². The van der Waals surface area contributed by atoms with Crippen molar-refractivity contribution in [3.8, 4) is 0 Å². The van der Waals surface area contributed by atoms with Crippen LogP contribution < -0.4 is 5.73 Å². The van der Waals surface area contributed by atoms with Crippen LogP contribution in [0.4, 0.5) is 0 Å². The monoisotopic (exact) mass is 188 g/mol. The first-order valence-electron chi connectivity index (χ1n) is 4.16. The van der Waals surface area contributed by atoms with Gasteiger partial charge in [0.2, 0.25) is 0 Å². The number of hydrogen-bond acceptors (Lipinski definition) is 4. The topological polar surface area (TPSA) is 86.8 Å². The number of carbonyl (C=O) groups is 1. The zero-order chi connectivity index (χ0) is 10.3. The SMILES string of the molecule is C=CN(O)[C@@H](CCCCN)C(=O)O. The average molecular weight is 188 g/mol. The Balaban J connectivity index is 3.95. The molecule has 0 heterocycles. The number of hydroxylamine groups is 2. The third-order valence-electron chi connectivity index (χ3n) is 1.72. The Bertz CT molecular complexity index is 173. The first kappa shape index (κ1) is 11.9. The van der Waals surface area contributed by atoms with Gasteiger partial charge in [-0.1, -0.05) is 6.58 Å². The van der Waals surface area contributed by atoms with Gasteiger partial charge in [-0.05, 0) is 25.8 Å². The minimum absolute atomic E-state index is 0.370. The second-order valence-corrected chi connectivity index (χ2v) is 2.70. The second kappa shape index (κ2) is 6.45. The van der Waals surface area contributed by atoms with E-state index >= 15 is 0 Å². The van der Waals surface area contributed by atoms with E-state index in [1.165, 1.54) is 0 Å². The molecule has 0 aliphatic carbocycles. The number of rotatable bonds is 7. The minimum Gasteiger partial charge on any atom is -0.480 e. The highest BCUT2D eigenvalue weighted by Crippen LogP contribution is 2.07. The summed E-state index contributed by atoms with van der Waals surface area (Å²) in [7, 11) is 0. The molecule has 0 aliphatic rings. The van der Waals surface area contributed by atoms with Crippen LogP contribution >= 0.6 is 0 Å². The molecular weight excluding hydrogens is 172 g/mol. The molecule has 0 amide bonds. The van der Waals surface area contributed by atoms with Crippen LogP contribution in [0, 0.1) is 0 Å². The Hall–Kier alpha value is -1.07. The summed E-state index contributed by atoms with van der Waals surface area (Å²) in [5, 5.41) is 18.4. The Kier molecular flexibility index (Phi) is 5.92. The van der Waals surface area contributed by atoms with E-state index in [4.69, 9.17) is 16.0 Å². The van der Waals surface area contributed by atoms with Crippen LogP contribution in [0.2, 0.25) is 0 Å². The lowest BCUT2D eigenvalue weighted by molar-refractivity contribution is -0.158. The number of carboxylic acids is 1. The maximum Gasteiger partial charge on any atom is 0.328 e. The Morgan fingerprint density at radius 2 is 2.23 bits per heavy atom. The van der Waals surface area contributed by atoms with Crippen molar-refractivity contribution in [2.24, 2.45) is 5.73 Å². The molecule has 0 fully saturated rings. The van der Waals surface area contributed by atoms with Gasteiger partial charge in [-0.15, -0.1) is 0 Å². The summed E-state index contributed by atoms with van der Waals surface area (Å²) in [5.74, 6) is -1.06. The number of nitrogens with zero attached hydrogens (tertiary/aromatic N) is 1. The van der Waals surface area contributed by atoms with Crippen molar-refractivity contribution < 1.29 is 15.1 Å². The lowest BCUT2D eigenvalue weighted by Crippen LogP contribution is -2.35. The van der Waals surface area contributed by atoms with Gasteiger partial charge in [0.05, 0.1) is 0 Å². The summed E-state index contributed by atoms with van der Waals surface area (Å²) in [6.07, 6.45) is 2.89. The zero-order valence-corrected chi connectivity index (χ0v) is 7.52. The zero-order valence-electron chi connectivity index (χ0n) is 7.52. The molecule has 0 rings (SSSR count). The second-order valence-electron chi connectivity index (χ2n) is 2.70. The molecule has 4 N–H and O–H groups in total. The Morgan fingerprint density at radius 1 is 1.62 bits per heavy atom. The summed E-state index contributed by atoms with van der Waals surface area (Å²) < 4.78 is 0. The van der Waals surface area contributed by atoms with Crippen molar-refractivity contribution in [3.05, 3.63) is 12.8 Å². The van der Waals surface area contributed by atoms with E-state index in [-0.39, 0.29) is 0 Å². The molecule has 5 heteroatoms. The molecule has 1 atom stereocenters. The van der Waals surface area contributed by atoms with Crippen molar-refractivity contribution >= 4 is 5.97 Å². The number of hydrogen-bond donors (Lipinski definition) is 3. The van der Waals surface area contributed by atoms with E-state index in [0.717, 1.165) is 12.6 Å². The predicted octanol–water partition coefficient (Wildman–Crippen LogP) is 0.403. The molecular formula is C8H16N2O3. The smallest absolute Gasteiger partial charge is 0.328 e. The summed E-state index contributed by atoms with van der Waals surface area (Å²) >= 11 is 0. The number of nitrogens with two attached hydrogens (primary N) is 1. The Morgan fingerprint density at radius 3 is 2.62 bits per heavy atom. The first-order chi connectivity index (χ1) is 6.13. The van der Waals surface area contributed by atoms with Crippen LogP contribution in [0.5, 0.6) is 0 Å². The van der Waals surface area contributed by atoms with Gasteiger partial charge in [-0.25, -0.2) is 4.79 Å². The normalized spacial score (nSPS) is 12.2. The molecule has 0 aromatic carbocycles. The van der Waals surface area contributed by atoms with Crippen molar-refractivity contribution in [1.82, 2.24) is 5.06 Å². The van der Waals surface area contributed by atoms with E-state index < -0.39 is 12.0 Å². The largest absolute Gasteiger partial charge is 0.480 e. The molecule has 76 valence electrons. The first-order valence-corrected chi connectivity index (χ1v) is 4.16. The van der Waals surface area contributed by atoms with Gasteiger partial charge in [0.1, 0.15) is 0 Å². The molecule has 0 bridgehead atoms. The van der Waals surface area contributed by atoms with Gasteiger partial charge in [-0.3, -0.25) is 10.3 Å². The third-order valence-corrected chi connectivity index (χ3v) is 1.72. The summed E-state index contributed by atoms with van der Waals surface area (Å²) in [4.78, 5) is 10.6. The van der Waals surface area contributed by atoms with Crippen LogP contribution in [-0.4, -0.2) is 33.9 Å². The fourth-order valence-corrected chi connectivity index (χ4v) is 0.978. The third kappa shape index (κ3) is 4.49. The molecule has 0 aliphatic heterocycles. The molecule has 13 heavy (non-hydrogen) atoms. The maximum absolute atomic E-state index is 10.6. The van der Waals surface area contributed by atoms with Gasteiger partial charge in [0, 0.05) is 6.20 Å². The quantitative estimate of drug-likeness (QED) is 0.397. The van der Waals surface area contributed by atoms with Crippen molar-refractivity contribution in [2.45, 2.75) is 25.3 Å². The summed E-state index contributed by atoms with van der Waals surface area (Å²) in [5.41, 5.74) is 5.26. The lowest BCUT2D eigenvalue weighted by Gasteiger charge is -2.19.